The third kappa shape index (κ3) is 2.11. The molecule has 1 aromatic carbocycles. The van der Waals surface area contributed by atoms with Crippen molar-refractivity contribution in [2.24, 2.45) is 0 Å². The SMILES string of the molecule is COc1ccc(C2(CCS)COC2)cc1Br. The Balaban J connectivity index is 2.29. The van der Waals surface area contributed by atoms with E-state index in [1.807, 2.05) is 6.07 Å². The quantitative estimate of drug-likeness (QED) is 0.862. The summed E-state index contributed by atoms with van der Waals surface area (Å²) >= 11 is 7.84. The summed E-state index contributed by atoms with van der Waals surface area (Å²) in [5.41, 5.74) is 1.47. The molecule has 2 rings (SSSR count). The fraction of sp³-hybridized carbons (Fsp3) is 0.500. The summed E-state index contributed by atoms with van der Waals surface area (Å²) in [7, 11) is 1.68. The van der Waals surface area contributed by atoms with Gasteiger partial charge >= 0.3 is 0 Å². The Labute approximate surface area is 110 Å². The molecule has 2 nitrogen and oxygen atoms in total. The second-order valence-corrected chi connectivity index (χ2v) is 5.40. The van der Waals surface area contributed by atoms with E-state index in [1.165, 1.54) is 5.56 Å². The van der Waals surface area contributed by atoms with Crippen molar-refractivity contribution in [2.45, 2.75) is 11.8 Å². The van der Waals surface area contributed by atoms with E-state index in [4.69, 9.17) is 9.47 Å². The predicted octanol–water partition coefficient (Wildman–Crippen LogP) is 3.05. The van der Waals surface area contributed by atoms with Crippen LogP contribution in [0.15, 0.2) is 22.7 Å². The third-order valence-electron chi connectivity index (χ3n) is 3.11. The van der Waals surface area contributed by atoms with E-state index in [0.717, 1.165) is 35.6 Å². The number of thiol groups is 1. The van der Waals surface area contributed by atoms with Gasteiger partial charge in [-0.15, -0.1) is 0 Å². The average Bonchev–Trinajstić information content (AvgIpc) is 2.23. The van der Waals surface area contributed by atoms with Gasteiger partial charge in [0, 0.05) is 5.41 Å². The highest BCUT2D eigenvalue weighted by Gasteiger charge is 2.39. The minimum Gasteiger partial charge on any atom is -0.496 e. The summed E-state index contributed by atoms with van der Waals surface area (Å²) in [4.78, 5) is 0. The maximum Gasteiger partial charge on any atom is 0.133 e. The molecule has 1 aliphatic rings. The molecule has 0 amide bonds. The minimum absolute atomic E-state index is 0.163. The summed E-state index contributed by atoms with van der Waals surface area (Å²) in [6, 6.07) is 6.25. The van der Waals surface area contributed by atoms with Crippen LogP contribution in [0.5, 0.6) is 5.75 Å². The van der Waals surface area contributed by atoms with Crippen LogP contribution in [0.3, 0.4) is 0 Å². The molecule has 0 N–H and O–H groups in total. The summed E-state index contributed by atoms with van der Waals surface area (Å²) in [5.74, 6) is 1.75. The van der Waals surface area contributed by atoms with Crippen LogP contribution in [0.4, 0.5) is 0 Å². The first-order valence-electron chi connectivity index (χ1n) is 5.24. The molecule has 1 fully saturated rings. The van der Waals surface area contributed by atoms with Crippen molar-refractivity contribution >= 4 is 28.6 Å². The molecular weight excluding hydrogens is 288 g/mol. The monoisotopic (exact) mass is 302 g/mol. The minimum atomic E-state index is 0.163. The lowest BCUT2D eigenvalue weighted by Crippen LogP contribution is -2.47. The van der Waals surface area contributed by atoms with Crippen molar-refractivity contribution < 1.29 is 9.47 Å². The Morgan fingerprint density at radius 1 is 1.50 bits per heavy atom. The molecule has 0 spiro atoms. The normalized spacial score (nSPS) is 17.9. The second-order valence-electron chi connectivity index (χ2n) is 4.10. The van der Waals surface area contributed by atoms with Gasteiger partial charge in [-0.3, -0.25) is 0 Å². The van der Waals surface area contributed by atoms with Crippen LogP contribution in [-0.4, -0.2) is 26.1 Å². The van der Waals surface area contributed by atoms with Crippen LogP contribution in [-0.2, 0) is 10.2 Å². The van der Waals surface area contributed by atoms with Gasteiger partial charge in [0.1, 0.15) is 5.75 Å². The van der Waals surface area contributed by atoms with Gasteiger partial charge < -0.3 is 9.47 Å². The zero-order valence-corrected chi connectivity index (χ0v) is 11.7. The first kappa shape index (κ1) is 12.3. The van der Waals surface area contributed by atoms with Crippen LogP contribution in [0.1, 0.15) is 12.0 Å². The molecule has 4 heteroatoms. The number of hydrogen-bond acceptors (Lipinski definition) is 3. The van der Waals surface area contributed by atoms with E-state index in [0.29, 0.717) is 0 Å². The molecule has 0 unspecified atom stereocenters. The fourth-order valence-electron chi connectivity index (χ4n) is 2.01. The van der Waals surface area contributed by atoms with E-state index in [2.05, 4.69) is 40.7 Å². The maximum atomic E-state index is 5.36. The van der Waals surface area contributed by atoms with E-state index in [9.17, 15) is 0 Å². The van der Waals surface area contributed by atoms with Gasteiger partial charge in [0.05, 0.1) is 24.8 Å². The van der Waals surface area contributed by atoms with Crippen molar-refractivity contribution in [3.8, 4) is 5.75 Å². The van der Waals surface area contributed by atoms with Crippen LogP contribution in [0.2, 0.25) is 0 Å². The molecule has 0 aromatic heterocycles. The van der Waals surface area contributed by atoms with E-state index in [-0.39, 0.29) is 5.41 Å². The number of methoxy groups -OCH3 is 1. The zero-order valence-electron chi connectivity index (χ0n) is 9.20. The molecule has 1 aliphatic heterocycles. The molecule has 1 heterocycles. The van der Waals surface area contributed by atoms with Crippen LogP contribution in [0.25, 0.3) is 0 Å². The standard InChI is InChI=1S/C12H15BrO2S/c1-14-11-3-2-9(6-10(11)13)12(4-5-16)7-15-8-12/h2-3,6,16H,4-5,7-8H2,1H3. The molecule has 88 valence electrons. The van der Waals surface area contributed by atoms with Gasteiger partial charge in [0.2, 0.25) is 0 Å². The van der Waals surface area contributed by atoms with Crippen LogP contribution >= 0.6 is 28.6 Å². The van der Waals surface area contributed by atoms with Gasteiger partial charge in [-0.25, -0.2) is 0 Å². The number of rotatable bonds is 4. The lowest BCUT2D eigenvalue weighted by atomic mass is 9.76. The van der Waals surface area contributed by atoms with E-state index < -0.39 is 0 Å². The molecule has 1 aromatic rings. The van der Waals surface area contributed by atoms with Crippen molar-refractivity contribution in [3.05, 3.63) is 28.2 Å². The molecular formula is C12H15BrO2S. The Morgan fingerprint density at radius 3 is 2.69 bits per heavy atom. The summed E-state index contributed by atoms with van der Waals surface area (Å²) in [6.45, 7) is 1.60. The van der Waals surface area contributed by atoms with Gasteiger partial charge in [0.15, 0.2) is 0 Å². The van der Waals surface area contributed by atoms with E-state index >= 15 is 0 Å². The number of halogens is 1. The highest BCUT2D eigenvalue weighted by molar-refractivity contribution is 9.10. The lowest BCUT2D eigenvalue weighted by Gasteiger charge is -2.42. The lowest BCUT2D eigenvalue weighted by molar-refractivity contribution is -0.0614. The Bertz CT molecular complexity index is 377. The topological polar surface area (TPSA) is 18.5 Å². The zero-order chi connectivity index (χ0) is 11.6. The van der Waals surface area contributed by atoms with Crippen molar-refractivity contribution in [1.82, 2.24) is 0 Å². The Hall–Kier alpha value is -0.190. The molecule has 0 saturated carbocycles. The van der Waals surface area contributed by atoms with Crippen LogP contribution < -0.4 is 4.74 Å². The largest absolute Gasteiger partial charge is 0.496 e. The number of ether oxygens (including phenoxy) is 2. The Morgan fingerprint density at radius 2 is 2.25 bits per heavy atom. The molecule has 0 aliphatic carbocycles. The Kier molecular flexibility index (Phi) is 3.82. The third-order valence-corrected chi connectivity index (χ3v) is 3.95. The fourth-order valence-corrected chi connectivity index (χ4v) is 2.98. The number of benzene rings is 1. The van der Waals surface area contributed by atoms with Crippen molar-refractivity contribution in [1.29, 1.82) is 0 Å². The molecule has 16 heavy (non-hydrogen) atoms. The first-order valence-corrected chi connectivity index (χ1v) is 6.67. The van der Waals surface area contributed by atoms with Gasteiger partial charge in [-0.1, -0.05) is 6.07 Å². The van der Waals surface area contributed by atoms with Crippen molar-refractivity contribution in [3.63, 3.8) is 0 Å². The first-order chi connectivity index (χ1) is 7.72. The van der Waals surface area contributed by atoms with Gasteiger partial charge in [0.25, 0.3) is 0 Å². The smallest absolute Gasteiger partial charge is 0.133 e. The van der Waals surface area contributed by atoms with Crippen molar-refractivity contribution in [2.75, 3.05) is 26.1 Å². The molecule has 0 bridgehead atoms. The summed E-state index contributed by atoms with van der Waals surface area (Å²) in [6.07, 6.45) is 1.05. The highest BCUT2D eigenvalue weighted by atomic mass is 79.9. The van der Waals surface area contributed by atoms with E-state index in [1.54, 1.807) is 7.11 Å². The molecule has 0 atom stereocenters. The van der Waals surface area contributed by atoms with Crippen LogP contribution in [0, 0.1) is 0 Å². The summed E-state index contributed by atoms with van der Waals surface area (Å²) < 4.78 is 11.6. The molecule has 1 saturated heterocycles. The molecule has 0 radical (unpaired) electrons. The highest BCUT2D eigenvalue weighted by Crippen LogP contribution is 2.39. The summed E-state index contributed by atoms with van der Waals surface area (Å²) in [5, 5.41) is 0. The number of hydrogen-bond donors (Lipinski definition) is 1. The predicted molar refractivity (Wildman–Crippen MR) is 71.7 cm³/mol. The van der Waals surface area contributed by atoms with Gasteiger partial charge in [-0.2, -0.15) is 12.6 Å². The maximum absolute atomic E-state index is 5.36. The van der Waals surface area contributed by atoms with Gasteiger partial charge in [-0.05, 0) is 45.8 Å². The second kappa shape index (κ2) is 4.98. The average molecular weight is 303 g/mol.